The molecule has 0 unspecified atom stereocenters. The Hall–Kier alpha value is -3.73. The highest BCUT2D eigenvalue weighted by Gasteiger charge is 2.23. The predicted molar refractivity (Wildman–Crippen MR) is 154 cm³/mol. The van der Waals surface area contributed by atoms with E-state index in [1.807, 2.05) is 4.90 Å². The molecule has 0 aliphatic carbocycles. The molecule has 0 saturated carbocycles. The van der Waals surface area contributed by atoms with Crippen LogP contribution in [0.3, 0.4) is 0 Å². The van der Waals surface area contributed by atoms with E-state index in [1.165, 1.54) is 18.2 Å². The smallest absolute Gasteiger partial charge is 0.293 e. The van der Waals surface area contributed by atoms with Crippen LogP contribution < -0.4 is 20.9 Å². The SMILES string of the molecule is O=C(NC(=S)Nc1cccc(NC(=O)c2ccc(Cl)cc2Cl)c1)c1ccc(N2CCCCC2)c([N+](=O)[O-])c1. The van der Waals surface area contributed by atoms with Gasteiger partial charge in [-0.1, -0.05) is 29.3 Å². The summed E-state index contributed by atoms with van der Waals surface area (Å²) in [5, 5.41) is 20.5. The van der Waals surface area contributed by atoms with Crippen molar-refractivity contribution >= 4 is 75.1 Å². The number of nitro groups is 1. The first-order chi connectivity index (χ1) is 18.2. The normalized spacial score (nSPS) is 12.9. The molecule has 196 valence electrons. The number of amides is 2. The summed E-state index contributed by atoms with van der Waals surface area (Å²) in [5.74, 6) is -1.01. The number of benzene rings is 3. The fourth-order valence-corrected chi connectivity index (χ4v) is 4.80. The van der Waals surface area contributed by atoms with E-state index in [9.17, 15) is 19.7 Å². The lowest BCUT2D eigenvalue weighted by molar-refractivity contribution is -0.384. The van der Waals surface area contributed by atoms with Gasteiger partial charge in [0.05, 0.1) is 15.5 Å². The van der Waals surface area contributed by atoms with Crippen molar-refractivity contribution in [3.05, 3.63) is 92.0 Å². The number of anilines is 3. The van der Waals surface area contributed by atoms with Crippen LogP contribution in [0.15, 0.2) is 60.7 Å². The average Bonchev–Trinajstić information content (AvgIpc) is 2.88. The topological polar surface area (TPSA) is 117 Å². The number of halogens is 2. The Labute approximate surface area is 234 Å². The Balaban J connectivity index is 1.40. The first kappa shape index (κ1) is 27.3. The lowest BCUT2D eigenvalue weighted by atomic mass is 10.1. The molecule has 12 heteroatoms. The summed E-state index contributed by atoms with van der Waals surface area (Å²) in [6.45, 7) is 1.49. The maximum absolute atomic E-state index is 12.8. The van der Waals surface area contributed by atoms with Crippen LogP contribution in [-0.2, 0) is 0 Å². The summed E-state index contributed by atoms with van der Waals surface area (Å²) in [6, 6.07) is 15.7. The molecular formula is C26H23Cl2N5O4S. The quantitative estimate of drug-likeness (QED) is 0.181. The van der Waals surface area contributed by atoms with Gasteiger partial charge in [0.15, 0.2) is 5.11 Å². The van der Waals surface area contributed by atoms with Gasteiger partial charge >= 0.3 is 0 Å². The van der Waals surface area contributed by atoms with Crippen molar-refractivity contribution < 1.29 is 14.5 Å². The van der Waals surface area contributed by atoms with Crippen LogP contribution in [-0.4, -0.2) is 34.9 Å². The molecule has 0 atom stereocenters. The minimum atomic E-state index is -0.586. The molecule has 3 aromatic rings. The second-order valence-electron chi connectivity index (χ2n) is 8.58. The van der Waals surface area contributed by atoms with Crippen LogP contribution in [0.25, 0.3) is 0 Å². The lowest BCUT2D eigenvalue weighted by Crippen LogP contribution is -2.34. The van der Waals surface area contributed by atoms with Gasteiger partial charge in [-0.2, -0.15) is 0 Å². The maximum Gasteiger partial charge on any atom is 0.293 e. The molecule has 2 amide bonds. The molecule has 1 saturated heterocycles. The Morgan fingerprint density at radius 3 is 2.29 bits per heavy atom. The number of nitrogens with zero attached hydrogens (tertiary/aromatic N) is 2. The van der Waals surface area contributed by atoms with Crippen molar-refractivity contribution in [3.8, 4) is 0 Å². The predicted octanol–water partition coefficient (Wildman–Crippen LogP) is 6.27. The lowest BCUT2D eigenvalue weighted by Gasteiger charge is -2.28. The summed E-state index contributed by atoms with van der Waals surface area (Å²) in [4.78, 5) is 38.6. The zero-order chi connectivity index (χ0) is 27.2. The van der Waals surface area contributed by atoms with Crippen molar-refractivity contribution in [2.45, 2.75) is 19.3 Å². The van der Waals surface area contributed by atoms with Crippen molar-refractivity contribution in [1.82, 2.24) is 5.32 Å². The zero-order valence-corrected chi connectivity index (χ0v) is 22.3. The molecule has 0 bridgehead atoms. The van der Waals surface area contributed by atoms with Crippen molar-refractivity contribution in [3.63, 3.8) is 0 Å². The number of nitro benzene ring substituents is 1. The number of hydrogen-bond donors (Lipinski definition) is 3. The molecule has 1 aliphatic heterocycles. The molecule has 4 rings (SSSR count). The third-order valence-corrected chi connectivity index (χ3v) is 6.66. The van der Waals surface area contributed by atoms with E-state index in [2.05, 4.69) is 16.0 Å². The highest BCUT2D eigenvalue weighted by molar-refractivity contribution is 7.80. The number of carbonyl (C=O) groups excluding carboxylic acids is 2. The van der Waals surface area contributed by atoms with Gasteiger partial charge in [0.25, 0.3) is 17.5 Å². The van der Waals surface area contributed by atoms with Crippen LogP contribution in [0.5, 0.6) is 0 Å². The van der Waals surface area contributed by atoms with Gasteiger partial charge < -0.3 is 15.5 Å². The van der Waals surface area contributed by atoms with Crippen LogP contribution in [0.2, 0.25) is 10.0 Å². The molecule has 0 radical (unpaired) electrons. The first-order valence-corrected chi connectivity index (χ1v) is 12.9. The molecular weight excluding hydrogens is 549 g/mol. The van der Waals surface area contributed by atoms with E-state index in [0.29, 0.717) is 22.1 Å². The minimum Gasteiger partial charge on any atom is -0.366 e. The van der Waals surface area contributed by atoms with E-state index in [4.69, 9.17) is 35.4 Å². The number of thiocarbonyl (C=S) groups is 1. The van der Waals surface area contributed by atoms with E-state index in [1.54, 1.807) is 42.5 Å². The van der Waals surface area contributed by atoms with Crippen LogP contribution in [0.4, 0.5) is 22.7 Å². The number of nitrogens with one attached hydrogen (secondary N) is 3. The molecule has 38 heavy (non-hydrogen) atoms. The van der Waals surface area contributed by atoms with Crippen molar-refractivity contribution in [2.75, 3.05) is 28.6 Å². The Kier molecular flexibility index (Phi) is 8.77. The molecule has 0 spiro atoms. The molecule has 3 aromatic carbocycles. The second kappa shape index (κ2) is 12.2. The molecule has 9 nitrogen and oxygen atoms in total. The summed E-state index contributed by atoms with van der Waals surface area (Å²) >= 11 is 17.3. The van der Waals surface area contributed by atoms with Gasteiger partial charge in [0.2, 0.25) is 0 Å². The van der Waals surface area contributed by atoms with Crippen LogP contribution >= 0.6 is 35.4 Å². The highest BCUT2D eigenvalue weighted by atomic mass is 35.5. The monoisotopic (exact) mass is 571 g/mol. The average molecular weight is 572 g/mol. The molecule has 3 N–H and O–H groups in total. The van der Waals surface area contributed by atoms with Crippen LogP contribution in [0.1, 0.15) is 40.0 Å². The van der Waals surface area contributed by atoms with Crippen LogP contribution in [0, 0.1) is 10.1 Å². The van der Waals surface area contributed by atoms with Crippen molar-refractivity contribution in [2.24, 2.45) is 0 Å². The third kappa shape index (κ3) is 6.77. The van der Waals surface area contributed by atoms with Crippen molar-refractivity contribution in [1.29, 1.82) is 0 Å². The number of rotatable bonds is 6. The fraction of sp³-hybridized carbons (Fsp3) is 0.192. The van der Waals surface area contributed by atoms with Gasteiger partial charge in [0, 0.05) is 41.1 Å². The maximum atomic E-state index is 12.8. The Morgan fingerprint density at radius 1 is 0.895 bits per heavy atom. The fourth-order valence-electron chi connectivity index (χ4n) is 4.10. The molecule has 1 aliphatic rings. The first-order valence-electron chi connectivity index (χ1n) is 11.7. The zero-order valence-electron chi connectivity index (χ0n) is 20.0. The number of carbonyl (C=O) groups is 2. The number of hydrogen-bond acceptors (Lipinski definition) is 6. The van der Waals surface area contributed by atoms with E-state index < -0.39 is 16.7 Å². The van der Waals surface area contributed by atoms with Gasteiger partial charge in [-0.25, -0.2) is 0 Å². The van der Waals surface area contributed by atoms with Gasteiger partial charge in [0.1, 0.15) is 5.69 Å². The summed E-state index contributed by atoms with van der Waals surface area (Å²) in [5.41, 5.74) is 1.72. The standard InChI is InChI=1S/C26H23Cl2N5O4S/c27-17-8-9-20(21(28)14-17)25(35)29-18-5-4-6-19(15-18)30-26(38)31-24(34)16-7-10-22(23(13-16)33(36)37)32-11-2-1-3-12-32/h4-10,13-15H,1-3,11-12H2,(H,29,35)(H2,30,31,34,38). The molecule has 0 aromatic heterocycles. The number of piperidine rings is 1. The Bertz CT molecular complexity index is 1410. The second-order valence-corrected chi connectivity index (χ2v) is 9.83. The van der Waals surface area contributed by atoms with E-state index >= 15 is 0 Å². The summed E-state index contributed by atoms with van der Waals surface area (Å²) in [7, 11) is 0. The highest BCUT2D eigenvalue weighted by Crippen LogP contribution is 2.31. The molecule has 1 fully saturated rings. The third-order valence-electron chi connectivity index (χ3n) is 5.91. The largest absolute Gasteiger partial charge is 0.366 e. The van der Waals surface area contributed by atoms with Gasteiger partial charge in [-0.05, 0) is 80.0 Å². The Morgan fingerprint density at radius 2 is 1.61 bits per heavy atom. The summed E-state index contributed by atoms with van der Waals surface area (Å²) < 4.78 is 0. The van der Waals surface area contributed by atoms with Gasteiger partial charge in [-0.15, -0.1) is 0 Å². The van der Waals surface area contributed by atoms with E-state index in [0.717, 1.165) is 32.4 Å². The summed E-state index contributed by atoms with van der Waals surface area (Å²) in [6.07, 6.45) is 3.04. The molecule has 1 heterocycles. The minimum absolute atomic E-state index is 0.0121. The van der Waals surface area contributed by atoms with Gasteiger partial charge in [-0.3, -0.25) is 25.0 Å². The van der Waals surface area contributed by atoms with E-state index in [-0.39, 0.29) is 26.9 Å².